The molecule has 0 bridgehead atoms. The molecule has 0 radical (unpaired) electrons. The molecular formula is C12H17NO. The van der Waals surface area contributed by atoms with Crippen molar-refractivity contribution in [2.75, 3.05) is 6.54 Å². The van der Waals surface area contributed by atoms with E-state index in [-0.39, 0.29) is 0 Å². The summed E-state index contributed by atoms with van der Waals surface area (Å²) in [6, 6.07) is 7.57. The lowest BCUT2D eigenvalue weighted by atomic mass is 9.80. The molecule has 2 rings (SSSR count). The molecule has 1 heterocycles. The van der Waals surface area contributed by atoms with E-state index in [1.165, 1.54) is 12.0 Å². The van der Waals surface area contributed by atoms with Crippen LogP contribution in [0.1, 0.15) is 25.3 Å². The molecule has 76 valence electrons. The molecule has 1 fully saturated rings. The quantitative estimate of drug-likeness (QED) is 0.766. The van der Waals surface area contributed by atoms with Gasteiger partial charge in [0.05, 0.1) is 0 Å². The standard InChI is InChI=1S/C12H17NO/c1-2-12(6-7-13-12)9-10-4-3-5-11(14)8-10/h3-5,8,13-14H,2,6-7,9H2,1H3. The maximum atomic E-state index is 9.35. The number of aromatic hydroxyl groups is 1. The molecule has 1 unspecified atom stereocenters. The van der Waals surface area contributed by atoms with Gasteiger partial charge in [0.15, 0.2) is 0 Å². The molecule has 0 aromatic heterocycles. The molecule has 1 saturated heterocycles. The second kappa shape index (κ2) is 3.62. The van der Waals surface area contributed by atoms with Gasteiger partial charge < -0.3 is 10.4 Å². The number of phenols is 1. The van der Waals surface area contributed by atoms with Crippen LogP contribution in [0.3, 0.4) is 0 Å². The lowest BCUT2D eigenvalue weighted by molar-refractivity contribution is 0.198. The zero-order valence-corrected chi connectivity index (χ0v) is 8.59. The average molecular weight is 191 g/mol. The summed E-state index contributed by atoms with van der Waals surface area (Å²) in [5.74, 6) is 0.369. The minimum absolute atomic E-state index is 0.299. The summed E-state index contributed by atoms with van der Waals surface area (Å²) >= 11 is 0. The van der Waals surface area contributed by atoms with Crippen molar-refractivity contribution in [2.45, 2.75) is 31.7 Å². The fourth-order valence-corrected chi connectivity index (χ4v) is 2.11. The van der Waals surface area contributed by atoms with Crippen LogP contribution in [0.15, 0.2) is 24.3 Å². The Morgan fingerprint density at radius 3 is 2.79 bits per heavy atom. The van der Waals surface area contributed by atoms with Crippen molar-refractivity contribution in [2.24, 2.45) is 0 Å². The molecule has 1 atom stereocenters. The van der Waals surface area contributed by atoms with E-state index in [9.17, 15) is 5.11 Å². The average Bonchev–Trinajstić information content (AvgIpc) is 2.11. The highest BCUT2D eigenvalue weighted by Crippen LogP contribution is 2.28. The van der Waals surface area contributed by atoms with Crippen LogP contribution in [0, 0.1) is 0 Å². The first-order chi connectivity index (χ1) is 6.74. The van der Waals surface area contributed by atoms with Crippen molar-refractivity contribution in [1.82, 2.24) is 5.32 Å². The molecule has 1 aromatic carbocycles. The van der Waals surface area contributed by atoms with Gasteiger partial charge >= 0.3 is 0 Å². The lowest BCUT2D eigenvalue weighted by Crippen LogP contribution is -2.57. The second-order valence-corrected chi connectivity index (χ2v) is 4.16. The molecule has 2 N–H and O–H groups in total. The number of phenolic OH excluding ortho intramolecular Hbond substituents is 1. The molecular weight excluding hydrogens is 174 g/mol. The number of hydrogen-bond acceptors (Lipinski definition) is 2. The van der Waals surface area contributed by atoms with Crippen LogP contribution in [-0.4, -0.2) is 17.2 Å². The molecule has 1 aliphatic heterocycles. The van der Waals surface area contributed by atoms with E-state index in [0.717, 1.165) is 19.4 Å². The monoisotopic (exact) mass is 191 g/mol. The highest BCUT2D eigenvalue weighted by molar-refractivity contribution is 5.29. The van der Waals surface area contributed by atoms with Gasteiger partial charge in [-0.3, -0.25) is 0 Å². The minimum atomic E-state index is 0.299. The molecule has 1 aromatic rings. The lowest BCUT2D eigenvalue weighted by Gasteiger charge is -2.43. The van der Waals surface area contributed by atoms with E-state index in [0.29, 0.717) is 11.3 Å². The summed E-state index contributed by atoms with van der Waals surface area (Å²) in [5.41, 5.74) is 1.52. The molecule has 14 heavy (non-hydrogen) atoms. The normalized spacial score (nSPS) is 25.8. The van der Waals surface area contributed by atoms with Gasteiger partial charge in [-0.15, -0.1) is 0 Å². The van der Waals surface area contributed by atoms with Crippen molar-refractivity contribution >= 4 is 0 Å². The van der Waals surface area contributed by atoms with Crippen molar-refractivity contribution in [1.29, 1.82) is 0 Å². The summed E-state index contributed by atoms with van der Waals surface area (Å²) in [7, 11) is 0. The van der Waals surface area contributed by atoms with Crippen LogP contribution < -0.4 is 5.32 Å². The number of benzene rings is 1. The van der Waals surface area contributed by atoms with Gasteiger partial charge in [-0.25, -0.2) is 0 Å². The van der Waals surface area contributed by atoms with Crippen LogP contribution in [0.4, 0.5) is 0 Å². The predicted octanol–water partition coefficient (Wildman–Crippen LogP) is 2.08. The van der Waals surface area contributed by atoms with Gasteiger partial charge in [0, 0.05) is 5.54 Å². The van der Waals surface area contributed by atoms with Gasteiger partial charge in [-0.2, -0.15) is 0 Å². The molecule has 0 saturated carbocycles. The number of rotatable bonds is 3. The van der Waals surface area contributed by atoms with E-state index in [1.54, 1.807) is 6.07 Å². The first kappa shape index (κ1) is 9.53. The third kappa shape index (κ3) is 1.75. The van der Waals surface area contributed by atoms with Crippen LogP contribution >= 0.6 is 0 Å². The zero-order valence-electron chi connectivity index (χ0n) is 8.59. The van der Waals surface area contributed by atoms with E-state index >= 15 is 0 Å². The molecule has 1 aliphatic rings. The summed E-state index contributed by atoms with van der Waals surface area (Å²) in [6.07, 6.45) is 3.43. The Bertz CT molecular complexity index is 312. The van der Waals surface area contributed by atoms with Crippen LogP contribution in [0.25, 0.3) is 0 Å². The Balaban J connectivity index is 2.09. The highest BCUT2D eigenvalue weighted by Gasteiger charge is 2.34. The van der Waals surface area contributed by atoms with Crippen molar-refractivity contribution in [3.8, 4) is 5.75 Å². The maximum Gasteiger partial charge on any atom is 0.115 e. The first-order valence-corrected chi connectivity index (χ1v) is 5.27. The molecule has 0 aliphatic carbocycles. The summed E-state index contributed by atoms with van der Waals surface area (Å²) in [4.78, 5) is 0. The highest BCUT2D eigenvalue weighted by atomic mass is 16.3. The van der Waals surface area contributed by atoms with E-state index < -0.39 is 0 Å². The van der Waals surface area contributed by atoms with Crippen LogP contribution in [0.2, 0.25) is 0 Å². The van der Waals surface area contributed by atoms with Gasteiger partial charge in [-0.1, -0.05) is 19.1 Å². The van der Waals surface area contributed by atoms with Gasteiger partial charge in [0.25, 0.3) is 0 Å². The van der Waals surface area contributed by atoms with Crippen molar-refractivity contribution in [3.63, 3.8) is 0 Å². The largest absolute Gasteiger partial charge is 0.508 e. The van der Waals surface area contributed by atoms with Crippen molar-refractivity contribution < 1.29 is 5.11 Å². The van der Waals surface area contributed by atoms with Crippen LogP contribution in [-0.2, 0) is 6.42 Å². The third-order valence-corrected chi connectivity index (χ3v) is 3.23. The SMILES string of the molecule is CCC1(Cc2cccc(O)c2)CCN1. The summed E-state index contributed by atoms with van der Waals surface area (Å²) < 4.78 is 0. The topological polar surface area (TPSA) is 32.3 Å². The minimum Gasteiger partial charge on any atom is -0.508 e. The number of hydrogen-bond donors (Lipinski definition) is 2. The maximum absolute atomic E-state index is 9.35. The summed E-state index contributed by atoms with van der Waals surface area (Å²) in [6.45, 7) is 3.35. The number of nitrogens with one attached hydrogen (secondary N) is 1. The Morgan fingerprint density at radius 2 is 2.29 bits per heavy atom. The smallest absolute Gasteiger partial charge is 0.115 e. The van der Waals surface area contributed by atoms with Gasteiger partial charge in [0.1, 0.15) is 5.75 Å². The first-order valence-electron chi connectivity index (χ1n) is 5.27. The summed E-state index contributed by atoms with van der Waals surface area (Å²) in [5, 5.41) is 12.8. The predicted molar refractivity (Wildman–Crippen MR) is 57.5 cm³/mol. The molecule has 0 amide bonds. The van der Waals surface area contributed by atoms with E-state index in [1.807, 2.05) is 12.1 Å². The van der Waals surface area contributed by atoms with E-state index in [4.69, 9.17) is 0 Å². The molecule has 0 spiro atoms. The third-order valence-electron chi connectivity index (χ3n) is 3.23. The van der Waals surface area contributed by atoms with Crippen LogP contribution in [0.5, 0.6) is 5.75 Å². The molecule has 2 nitrogen and oxygen atoms in total. The Morgan fingerprint density at radius 1 is 1.50 bits per heavy atom. The van der Waals surface area contributed by atoms with Crippen molar-refractivity contribution in [3.05, 3.63) is 29.8 Å². The second-order valence-electron chi connectivity index (χ2n) is 4.16. The van der Waals surface area contributed by atoms with Gasteiger partial charge in [0.2, 0.25) is 0 Å². The zero-order chi connectivity index (χ0) is 10.0. The fraction of sp³-hybridized carbons (Fsp3) is 0.500. The fourth-order valence-electron chi connectivity index (χ4n) is 2.11. The van der Waals surface area contributed by atoms with E-state index in [2.05, 4.69) is 18.3 Å². The van der Waals surface area contributed by atoms with Gasteiger partial charge in [-0.05, 0) is 43.5 Å². The Hall–Kier alpha value is -1.02. The molecule has 2 heteroatoms. The Kier molecular flexibility index (Phi) is 2.46. The Labute approximate surface area is 85.0 Å².